The van der Waals surface area contributed by atoms with Crippen LogP contribution in [0.1, 0.15) is 17.3 Å². The molecule has 3 rings (SSSR count). The highest BCUT2D eigenvalue weighted by atomic mass is 16.5. The predicted octanol–water partition coefficient (Wildman–Crippen LogP) is 0.819. The molecule has 6 heteroatoms. The van der Waals surface area contributed by atoms with Gasteiger partial charge in [-0.05, 0) is 18.7 Å². The molecule has 0 unspecified atom stereocenters. The molecule has 22 heavy (non-hydrogen) atoms. The van der Waals surface area contributed by atoms with E-state index in [2.05, 4.69) is 11.8 Å². The standard InChI is InChI=1S/C16H21N3O3/c1-3-18-7-9-19(10-8-18)16(21)12-5-4-6-13-15(12)22-11-14(20)17(13)2/h4-6H,3,7-11H2,1-2H3. The van der Waals surface area contributed by atoms with Gasteiger partial charge < -0.3 is 19.4 Å². The SMILES string of the molecule is CCN1CCN(C(=O)c2cccc3c2OCC(=O)N3C)CC1. The first-order valence-corrected chi connectivity index (χ1v) is 7.65. The molecule has 0 aliphatic carbocycles. The van der Waals surface area contributed by atoms with Crippen molar-refractivity contribution in [2.75, 3.05) is 51.3 Å². The van der Waals surface area contributed by atoms with Gasteiger partial charge in [-0.1, -0.05) is 13.0 Å². The summed E-state index contributed by atoms with van der Waals surface area (Å²) in [5.74, 6) is 0.400. The van der Waals surface area contributed by atoms with Gasteiger partial charge in [-0.25, -0.2) is 0 Å². The van der Waals surface area contributed by atoms with E-state index in [0.29, 0.717) is 17.0 Å². The van der Waals surface area contributed by atoms with Crippen molar-refractivity contribution in [2.45, 2.75) is 6.92 Å². The second-order valence-electron chi connectivity index (χ2n) is 5.62. The summed E-state index contributed by atoms with van der Waals surface area (Å²) in [5.41, 5.74) is 1.20. The van der Waals surface area contributed by atoms with Crippen molar-refractivity contribution in [2.24, 2.45) is 0 Å². The van der Waals surface area contributed by atoms with Crippen LogP contribution in [0.4, 0.5) is 5.69 Å². The minimum absolute atomic E-state index is 0.0165. The molecule has 2 aliphatic heterocycles. The number of hydrogen-bond acceptors (Lipinski definition) is 4. The number of carbonyl (C=O) groups is 2. The Morgan fingerprint density at radius 2 is 1.95 bits per heavy atom. The van der Waals surface area contributed by atoms with Crippen molar-refractivity contribution in [3.63, 3.8) is 0 Å². The third kappa shape index (κ3) is 2.54. The molecule has 1 aromatic rings. The second kappa shape index (κ2) is 5.96. The minimum atomic E-state index is -0.103. The van der Waals surface area contributed by atoms with Gasteiger partial charge in [-0.15, -0.1) is 0 Å². The summed E-state index contributed by atoms with van der Waals surface area (Å²) < 4.78 is 5.54. The molecule has 1 fully saturated rings. The lowest BCUT2D eigenvalue weighted by Gasteiger charge is -2.35. The maximum atomic E-state index is 12.8. The zero-order valence-electron chi connectivity index (χ0n) is 13.0. The van der Waals surface area contributed by atoms with E-state index in [0.717, 1.165) is 32.7 Å². The molecule has 2 heterocycles. The largest absolute Gasteiger partial charge is 0.481 e. The number of anilines is 1. The molecule has 0 radical (unpaired) electrons. The van der Waals surface area contributed by atoms with Crippen LogP contribution in [-0.2, 0) is 4.79 Å². The van der Waals surface area contributed by atoms with Crippen LogP contribution in [0.3, 0.4) is 0 Å². The average Bonchev–Trinajstić information content (AvgIpc) is 2.57. The Morgan fingerprint density at radius 1 is 1.23 bits per heavy atom. The number of nitrogens with zero attached hydrogens (tertiary/aromatic N) is 3. The van der Waals surface area contributed by atoms with E-state index in [1.165, 1.54) is 0 Å². The number of benzene rings is 1. The highest BCUT2D eigenvalue weighted by molar-refractivity contribution is 6.04. The number of hydrogen-bond donors (Lipinski definition) is 0. The molecule has 2 amide bonds. The summed E-state index contributed by atoms with van der Waals surface area (Å²) >= 11 is 0. The number of amides is 2. The molecule has 0 N–H and O–H groups in total. The average molecular weight is 303 g/mol. The van der Waals surface area contributed by atoms with Gasteiger partial charge in [-0.2, -0.15) is 0 Å². The fourth-order valence-electron chi connectivity index (χ4n) is 2.91. The van der Waals surface area contributed by atoms with Crippen LogP contribution in [-0.4, -0.2) is 68.0 Å². The topological polar surface area (TPSA) is 53.1 Å². The molecule has 0 bridgehead atoms. The van der Waals surface area contributed by atoms with E-state index >= 15 is 0 Å². The minimum Gasteiger partial charge on any atom is -0.481 e. The fourth-order valence-corrected chi connectivity index (χ4v) is 2.91. The summed E-state index contributed by atoms with van der Waals surface area (Å²) in [7, 11) is 1.71. The summed E-state index contributed by atoms with van der Waals surface area (Å²) in [4.78, 5) is 30.2. The molecular weight excluding hydrogens is 282 g/mol. The summed E-state index contributed by atoms with van der Waals surface area (Å²) in [6.45, 7) is 6.38. The van der Waals surface area contributed by atoms with Crippen LogP contribution in [0.2, 0.25) is 0 Å². The molecule has 1 saturated heterocycles. The first kappa shape index (κ1) is 14.8. The Labute approximate surface area is 130 Å². The Bertz CT molecular complexity index is 594. The van der Waals surface area contributed by atoms with Crippen molar-refractivity contribution in [1.29, 1.82) is 0 Å². The molecule has 6 nitrogen and oxygen atoms in total. The maximum Gasteiger partial charge on any atom is 0.264 e. The number of fused-ring (bicyclic) bond motifs is 1. The number of piperazine rings is 1. The Morgan fingerprint density at radius 3 is 2.64 bits per heavy atom. The highest BCUT2D eigenvalue weighted by Gasteiger charge is 2.29. The summed E-state index contributed by atoms with van der Waals surface area (Å²) in [6.07, 6.45) is 0. The highest BCUT2D eigenvalue weighted by Crippen LogP contribution is 2.35. The normalized spacial score (nSPS) is 18.9. The van der Waals surface area contributed by atoms with Crippen LogP contribution in [0.25, 0.3) is 0 Å². The van der Waals surface area contributed by atoms with Gasteiger partial charge in [0.05, 0.1) is 11.3 Å². The van der Waals surface area contributed by atoms with Crippen molar-refractivity contribution < 1.29 is 14.3 Å². The Balaban J connectivity index is 1.84. The van der Waals surface area contributed by atoms with Gasteiger partial charge in [0.2, 0.25) is 0 Å². The predicted molar refractivity (Wildman–Crippen MR) is 83.4 cm³/mol. The second-order valence-corrected chi connectivity index (χ2v) is 5.62. The van der Waals surface area contributed by atoms with Crippen molar-refractivity contribution >= 4 is 17.5 Å². The number of likely N-dealkylation sites (N-methyl/N-ethyl adjacent to an activating group) is 2. The fraction of sp³-hybridized carbons (Fsp3) is 0.500. The Hall–Kier alpha value is -2.08. The molecule has 1 aromatic carbocycles. The molecule has 0 aromatic heterocycles. The van der Waals surface area contributed by atoms with Gasteiger partial charge in [0.25, 0.3) is 11.8 Å². The van der Waals surface area contributed by atoms with Gasteiger partial charge in [-0.3, -0.25) is 9.59 Å². The zero-order valence-corrected chi connectivity index (χ0v) is 13.0. The third-order valence-electron chi connectivity index (χ3n) is 4.41. The number of carbonyl (C=O) groups excluding carboxylic acids is 2. The van der Waals surface area contributed by atoms with Crippen LogP contribution < -0.4 is 9.64 Å². The summed E-state index contributed by atoms with van der Waals surface area (Å²) in [5, 5.41) is 0. The molecule has 0 atom stereocenters. The molecule has 0 spiro atoms. The van der Waals surface area contributed by atoms with E-state index < -0.39 is 0 Å². The van der Waals surface area contributed by atoms with Crippen LogP contribution in [0.15, 0.2) is 18.2 Å². The van der Waals surface area contributed by atoms with Crippen LogP contribution >= 0.6 is 0 Å². The van der Waals surface area contributed by atoms with Gasteiger partial charge in [0.15, 0.2) is 12.4 Å². The van der Waals surface area contributed by atoms with Crippen LogP contribution in [0, 0.1) is 0 Å². The molecule has 2 aliphatic rings. The van der Waals surface area contributed by atoms with E-state index in [9.17, 15) is 9.59 Å². The maximum absolute atomic E-state index is 12.8. The van der Waals surface area contributed by atoms with Crippen molar-refractivity contribution in [3.05, 3.63) is 23.8 Å². The van der Waals surface area contributed by atoms with E-state index in [1.807, 2.05) is 4.90 Å². The molecule has 118 valence electrons. The van der Waals surface area contributed by atoms with Crippen molar-refractivity contribution in [1.82, 2.24) is 9.80 Å². The Kier molecular flexibility index (Phi) is 4.02. The third-order valence-corrected chi connectivity index (χ3v) is 4.41. The number of rotatable bonds is 2. The first-order chi connectivity index (χ1) is 10.6. The lowest BCUT2D eigenvalue weighted by atomic mass is 10.1. The molecular formula is C16H21N3O3. The molecule has 0 saturated carbocycles. The van der Waals surface area contributed by atoms with E-state index in [1.54, 1.807) is 30.1 Å². The smallest absolute Gasteiger partial charge is 0.264 e. The van der Waals surface area contributed by atoms with Gasteiger partial charge >= 0.3 is 0 Å². The van der Waals surface area contributed by atoms with Gasteiger partial charge in [0, 0.05) is 33.2 Å². The van der Waals surface area contributed by atoms with Gasteiger partial charge in [0.1, 0.15) is 0 Å². The quantitative estimate of drug-likeness (QED) is 0.812. The zero-order chi connectivity index (χ0) is 15.7. The van der Waals surface area contributed by atoms with E-state index in [4.69, 9.17) is 4.74 Å². The lowest BCUT2D eigenvalue weighted by molar-refractivity contribution is -0.121. The first-order valence-electron chi connectivity index (χ1n) is 7.65. The van der Waals surface area contributed by atoms with E-state index in [-0.39, 0.29) is 18.4 Å². The van der Waals surface area contributed by atoms with Crippen molar-refractivity contribution in [3.8, 4) is 5.75 Å². The van der Waals surface area contributed by atoms with Crippen LogP contribution in [0.5, 0.6) is 5.75 Å². The number of para-hydroxylation sites is 1. The number of ether oxygens (including phenoxy) is 1. The lowest BCUT2D eigenvalue weighted by Crippen LogP contribution is -2.48. The summed E-state index contributed by atoms with van der Waals surface area (Å²) in [6, 6.07) is 5.38. The monoisotopic (exact) mass is 303 g/mol.